The van der Waals surface area contributed by atoms with Crippen LogP contribution in [-0.2, 0) is 23.0 Å². The van der Waals surface area contributed by atoms with Crippen molar-refractivity contribution in [1.82, 2.24) is 19.8 Å². The molecule has 2 N–H and O–H groups in total. The molecule has 3 rings (SSSR count). The van der Waals surface area contributed by atoms with Gasteiger partial charge in [0.25, 0.3) is 0 Å². The maximum absolute atomic E-state index is 12.0. The molecule has 0 aliphatic rings. The summed E-state index contributed by atoms with van der Waals surface area (Å²) in [4.78, 5) is 32.6. The van der Waals surface area contributed by atoms with Crippen LogP contribution in [0.1, 0.15) is 11.3 Å². The highest BCUT2D eigenvalue weighted by Crippen LogP contribution is 2.20. The number of carbonyl (C=O) groups excluding carboxylic acids is 2. The molecule has 2 aromatic carbocycles. The van der Waals surface area contributed by atoms with Crippen molar-refractivity contribution in [2.75, 3.05) is 13.1 Å². The zero-order valence-corrected chi connectivity index (χ0v) is 18.6. The van der Waals surface area contributed by atoms with Crippen LogP contribution in [-0.4, -0.2) is 52.3 Å². The van der Waals surface area contributed by atoms with Gasteiger partial charge >= 0.3 is 6.09 Å². The lowest BCUT2D eigenvalue weighted by atomic mass is 10.0. The molecule has 2 amide bonds. The van der Waals surface area contributed by atoms with Crippen LogP contribution in [0, 0.1) is 12.3 Å². The van der Waals surface area contributed by atoms with Crippen LogP contribution in [0.4, 0.5) is 10.6 Å². The number of ether oxygens (including phenoxy) is 1. The summed E-state index contributed by atoms with van der Waals surface area (Å²) < 4.78 is 6.74. The SMILES string of the molecule is Cc1c(N=CN(C=O)CC(=N)OC(=O)NCCc2cccc(-c3ccccc3)c2)ncn1C. The fourth-order valence-corrected chi connectivity index (χ4v) is 3.03. The Hall–Kier alpha value is -4.27. The largest absolute Gasteiger partial charge is 0.413 e. The number of hydrogen-bond donors (Lipinski definition) is 2. The van der Waals surface area contributed by atoms with Gasteiger partial charge in [0, 0.05) is 13.6 Å². The van der Waals surface area contributed by atoms with Crippen molar-refractivity contribution in [1.29, 1.82) is 5.41 Å². The number of aromatic nitrogens is 2. The van der Waals surface area contributed by atoms with Crippen LogP contribution in [0.3, 0.4) is 0 Å². The molecule has 1 aromatic heterocycles. The first-order valence-electron chi connectivity index (χ1n) is 10.4. The van der Waals surface area contributed by atoms with Gasteiger partial charge in [0.1, 0.15) is 12.9 Å². The Kier molecular flexibility index (Phi) is 8.07. The summed E-state index contributed by atoms with van der Waals surface area (Å²) in [5, 5.41) is 10.5. The topological polar surface area (TPSA) is 113 Å². The fourth-order valence-electron chi connectivity index (χ4n) is 3.03. The number of amides is 2. The second kappa shape index (κ2) is 11.4. The van der Waals surface area contributed by atoms with E-state index in [4.69, 9.17) is 10.1 Å². The predicted molar refractivity (Wildman–Crippen MR) is 127 cm³/mol. The van der Waals surface area contributed by atoms with Crippen molar-refractivity contribution in [3.05, 3.63) is 72.2 Å². The van der Waals surface area contributed by atoms with Gasteiger partial charge in [-0.15, -0.1) is 0 Å². The number of hydrogen-bond acceptors (Lipinski definition) is 6. The molecule has 0 aliphatic heterocycles. The second-order valence-electron chi connectivity index (χ2n) is 7.34. The zero-order valence-electron chi connectivity index (χ0n) is 18.6. The first kappa shape index (κ1) is 23.4. The summed E-state index contributed by atoms with van der Waals surface area (Å²) >= 11 is 0. The van der Waals surface area contributed by atoms with Crippen molar-refractivity contribution >= 4 is 30.6 Å². The number of alkyl carbamates (subject to hydrolysis) is 1. The Bertz CT molecular complexity index is 1140. The number of nitrogens with one attached hydrogen (secondary N) is 2. The monoisotopic (exact) mass is 446 g/mol. The fraction of sp³-hybridized carbons (Fsp3) is 0.208. The molecule has 0 radical (unpaired) electrons. The highest BCUT2D eigenvalue weighted by atomic mass is 16.6. The molecule has 0 atom stereocenters. The highest BCUT2D eigenvalue weighted by Gasteiger charge is 2.11. The maximum atomic E-state index is 12.0. The normalized spacial score (nSPS) is 10.7. The Balaban J connectivity index is 1.44. The van der Waals surface area contributed by atoms with Gasteiger partial charge in [0.05, 0.1) is 12.0 Å². The van der Waals surface area contributed by atoms with Crippen LogP contribution in [0.5, 0.6) is 0 Å². The van der Waals surface area contributed by atoms with E-state index in [0.29, 0.717) is 25.2 Å². The molecule has 3 aromatic rings. The molecule has 0 unspecified atom stereocenters. The average Bonchev–Trinajstić information content (AvgIpc) is 3.14. The first-order chi connectivity index (χ1) is 16.0. The first-order valence-corrected chi connectivity index (χ1v) is 10.4. The Morgan fingerprint density at radius 1 is 1.21 bits per heavy atom. The number of carbonyl (C=O) groups is 2. The summed E-state index contributed by atoms with van der Waals surface area (Å²) in [6.07, 6.45) is 3.22. The molecule has 0 saturated carbocycles. The Labute approximate surface area is 192 Å². The number of nitrogens with zero attached hydrogens (tertiary/aromatic N) is 4. The van der Waals surface area contributed by atoms with E-state index in [-0.39, 0.29) is 12.4 Å². The number of benzene rings is 2. The Morgan fingerprint density at radius 2 is 1.97 bits per heavy atom. The average molecular weight is 447 g/mol. The van der Waals surface area contributed by atoms with E-state index in [1.165, 1.54) is 6.34 Å². The van der Waals surface area contributed by atoms with Gasteiger partial charge in [0.15, 0.2) is 5.82 Å². The van der Waals surface area contributed by atoms with Crippen molar-refractivity contribution in [3.63, 3.8) is 0 Å². The van der Waals surface area contributed by atoms with E-state index in [0.717, 1.165) is 27.3 Å². The lowest BCUT2D eigenvalue weighted by molar-refractivity contribution is -0.114. The minimum absolute atomic E-state index is 0.231. The molecule has 0 spiro atoms. The van der Waals surface area contributed by atoms with E-state index in [9.17, 15) is 9.59 Å². The van der Waals surface area contributed by atoms with Crippen molar-refractivity contribution in [3.8, 4) is 11.1 Å². The van der Waals surface area contributed by atoms with E-state index >= 15 is 0 Å². The molecular formula is C24H26N6O3. The maximum Gasteiger partial charge on any atom is 0.413 e. The number of aryl methyl sites for hydroxylation is 1. The summed E-state index contributed by atoms with van der Waals surface area (Å²) in [6, 6.07) is 18.1. The predicted octanol–water partition coefficient (Wildman–Crippen LogP) is 3.46. The van der Waals surface area contributed by atoms with Crippen LogP contribution in [0.25, 0.3) is 11.1 Å². The van der Waals surface area contributed by atoms with Crippen LogP contribution in [0.2, 0.25) is 0 Å². The van der Waals surface area contributed by atoms with Crippen LogP contribution >= 0.6 is 0 Å². The third-order valence-electron chi connectivity index (χ3n) is 4.93. The standard InChI is InChI=1S/C24H26N6O3/c1-18-23(27-15-29(18)2)28-16-30(17-31)14-22(25)33-24(32)26-12-11-19-7-6-10-21(13-19)20-8-4-3-5-9-20/h3-10,13,15-17,25H,11-12,14H2,1-2H3,(H,26,32). The lowest BCUT2D eigenvalue weighted by Gasteiger charge is -2.12. The molecule has 1 heterocycles. The van der Waals surface area contributed by atoms with E-state index in [1.807, 2.05) is 62.5 Å². The van der Waals surface area contributed by atoms with Gasteiger partial charge in [-0.3, -0.25) is 15.1 Å². The van der Waals surface area contributed by atoms with Gasteiger partial charge in [-0.1, -0.05) is 54.6 Å². The van der Waals surface area contributed by atoms with E-state index in [2.05, 4.69) is 21.4 Å². The van der Waals surface area contributed by atoms with Crippen molar-refractivity contribution in [2.24, 2.45) is 12.0 Å². The summed E-state index contributed by atoms with van der Waals surface area (Å²) in [6.45, 7) is 1.96. The van der Waals surface area contributed by atoms with E-state index < -0.39 is 6.09 Å². The Morgan fingerprint density at radius 3 is 2.67 bits per heavy atom. The highest BCUT2D eigenvalue weighted by molar-refractivity contribution is 5.90. The van der Waals surface area contributed by atoms with Crippen LogP contribution < -0.4 is 5.32 Å². The number of rotatable bonds is 9. The minimum Gasteiger partial charge on any atom is -0.394 e. The zero-order chi connectivity index (χ0) is 23.6. The minimum atomic E-state index is -0.748. The van der Waals surface area contributed by atoms with E-state index in [1.54, 1.807) is 10.9 Å². The second-order valence-corrected chi connectivity index (χ2v) is 7.34. The third-order valence-corrected chi connectivity index (χ3v) is 4.93. The molecule has 0 bridgehead atoms. The molecule has 0 fully saturated rings. The molecule has 33 heavy (non-hydrogen) atoms. The molecular weight excluding hydrogens is 420 g/mol. The third kappa shape index (κ3) is 6.86. The smallest absolute Gasteiger partial charge is 0.394 e. The molecule has 9 heteroatoms. The lowest BCUT2D eigenvalue weighted by Crippen LogP contribution is -2.34. The molecule has 170 valence electrons. The van der Waals surface area contributed by atoms with Crippen molar-refractivity contribution < 1.29 is 14.3 Å². The van der Waals surface area contributed by atoms with Gasteiger partial charge in [0.2, 0.25) is 12.3 Å². The van der Waals surface area contributed by atoms with Gasteiger partial charge in [-0.25, -0.2) is 14.8 Å². The van der Waals surface area contributed by atoms with Crippen molar-refractivity contribution in [2.45, 2.75) is 13.3 Å². The number of imidazole rings is 1. The summed E-state index contributed by atoms with van der Waals surface area (Å²) in [5.74, 6) is 0.0840. The molecule has 9 nitrogen and oxygen atoms in total. The van der Waals surface area contributed by atoms with Crippen LogP contribution in [0.15, 0.2) is 65.9 Å². The summed E-state index contributed by atoms with van der Waals surface area (Å²) in [7, 11) is 1.83. The number of aliphatic imine (C=N–C) groups is 1. The summed E-state index contributed by atoms with van der Waals surface area (Å²) in [5.41, 5.74) is 4.13. The quantitative estimate of drug-likeness (QED) is 0.298. The molecule has 0 aliphatic carbocycles. The van der Waals surface area contributed by atoms with Gasteiger partial charge in [-0.05, 0) is 30.0 Å². The van der Waals surface area contributed by atoms with Gasteiger partial charge < -0.3 is 14.6 Å². The van der Waals surface area contributed by atoms with Gasteiger partial charge in [-0.2, -0.15) is 0 Å². The molecule has 0 saturated heterocycles.